The van der Waals surface area contributed by atoms with E-state index in [0.717, 1.165) is 18.4 Å². The number of methoxy groups -OCH3 is 1. The van der Waals surface area contributed by atoms with Crippen LogP contribution in [0.25, 0.3) is 28.3 Å². The van der Waals surface area contributed by atoms with Crippen LogP contribution in [-0.4, -0.2) is 51.9 Å². The van der Waals surface area contributed by atoms with Crippen LogP contribution in [0.3, 0.4) is 0 Å². The molecule has 0 radical (unpaired) electrons. The lowest BCUT2D eigenvalue weighted by Gasteiger charge is -2.41. The van der Waals surface area contributed by atoms with Gasteiger partial charge < -0.3 is 20.1 Å². The molecule has 238 valence electrons. The molecular formula is C35H32FN7O4. The largest absolute Gasteiger partial charge is 0.504 e. The Balaban J connectivity index is 1.39. The molecule has 0 aliphatic carbocycles. The molecule has 4 N–H and O–H groups in total. The zero-order chi connectivity index (χ0) is 33.6. The van der Waals surface area contributed by atoms with Crippen LogP contribution in [-0.2, 0) is 11.3 Å². The Labute approximate surface area is 271 Å². The second-order valence-corrected chi connectivity index (χ2v) is 11.4. The molecule has 0 spiro atoms. The number of pyridine rings is 2. The minimum atomic E-state index is -0.703. The number of hydrogen-bond donors (Lipinski definition) is 4. The molecule has 3 heterocycles. The maximum absolute atomic E-state index is 14.9. The summed E-state index contributed by atoms with van der Waals surface area (Å²) in [5.41, 5.74) is 4.95. The summed E-state index contributed by atoms with van der Waals surface area (Å²) < 4.78 is 20.1. The predicted octanol–water partition coefficient (Wildman–Crippen LogP) is 5.07. The van der Waals surface area contributed by atoms with Gasteiger partial charge in [-0.1, -0.05) is 18.2 Å². The number of ether oxygens (including phenoxy) is 1. The van der Waals surface area contributed by atoms with Crippen LogP contribution in [0.4, 0.5) is 10.2 Å². The lowest BCUT2D eigenvalue weighted by Crippen LogP contribution is -2.51. The molecular weight excluding hydrogens is 601 g/mol. The van der Waals surface area contributed by atoms with Crippen molar-refractivity contribution in [2.45, 2.75) is 31.8 Å². The standard InChI is InChI=1S/C35H32FN7O4/c1-35(41-20-22-3-7-26(39-19-22)8-10-32(45)42-46)11-13-43(14-12-35)34-27(18-38)33(24-4-5-25(17-37)29(36)15-24)28(21-40-34)23-6-9-31(47-2)30(44)16-23/h3-10,15-16,19,21,41,44,46H,11-14,20H2,1-2H3,(H,42,45)/b10-8+. The van der Waals surface area contributed by atoms with Gasteiger partial charge in [0, 0.05) is 54.8 Å². The smallest absolute Gasteiger partial charge is 0.267 e. The van der Waals surface area contributed by atoms with E-state index in [-0.39, 0.29) is 28.2 Å². The molecule has 1 aliphatic heterocycles. The first-order valence-electron chi connectivity index (χ1n) is 14.8. The number of benzene rings is 2. The fourth-order valence-corrected chi connectivity index (χ4v) is 5.53. The topological polar surface area (TPSA) is 167 Å². The van der Waals surface area contributed by atoms with Gasteiger partial charge in [0.1, 0.15) is 29.3 Å². The van der Waals surface area contributed by atoms with Crippen LogP contribution < -0.4 is 20.4 Å². The highest BCUT2D eigenvalue weighted by Crippen LogP contribution is 2.41. The summed E-state index contributed by atoms with van der Waals surface area (Å²) in [5.74, 6) is -0.681. The van der Waals surface area contributed by atoms with Gasteiger partial charge in [0.15, 0.2) is 11.5 Å². The first kappa shape index (κ1) is 32.6. The highest BCUT2D eigenvalue weighted by atomic mass is 19.1. The number of phenols is 1. The van der Waals surface area contributed by atoms with Crippen molar-refractivity contribution in [2.75, 3.05) is 25.1 Å². The lowest BCUT2D eigenvalue weighted by molar-refractivity contribution is -0.124. The number of nitrogens with zero attached hydrogens (tertiary/aromatic N) is 5. The minimum absolute atomic E-state index is 0.0944. The molecule has 5 rings (SSSR count). The van der Waals surface area contributed by atoms with Crippen molar-refractivity contribution in [1.82, 2.24) is 20.8 Å². The van der Waals surface area contributed by atoms with Crippen molar-refractivity contribution >= 4 is 17.8 Å². The number of rotatable bonds is 9. The fourth-order valence-electron chi connectivity index (χ4n) is 5.53. The number of hydroxylamine groups is 1. The second-order valence-electron chi connectivity index (χ2n) is 11.4. The molecule has 1 saturated heterocycles. The van der Waals surface area contributed by atoms with E-state index in [4.69, 9.17) is 14.9 Å². The van der Waals surface area contributed by atoms with Gasteiger partial charge in [-0.25, -0.2) is 14.9 Å². The first-order valence-corrected chi connectivity index (χ1v) is 14.8. The van der Waals surface area contributed by atoms with Crippen LogP contribution in [0.2, 0.25) is 0 Å². The minimum Gasteiger partial charge on any atom is -0.504 e. The third kappa shape index (κ3) is 7.20. The van der Waals surface area contributed by atoms with E-state index in [0.29, 0.717) is 53.4 Å². The van der Waals surface area contributed by atoms with Crippen molar-refractivity contribution in [3.8, 4) is 45.9 Å². The monoisotopic (exact) mass is 633 g/mol. The quantitative estimate of drug-likeness (QED) is 0.111. The molecule has 2 aromatic heterocycles. The molecule has 0 bridgehead atoms. The first-order chi connectivity index (χ1) is 22.7. The summed E-state index contributed by atoms with van der Waals surface area (Å²) in [7, 11) is 1.45. The number of piperidine rings is 1. The van der Waals surface area contributed by atoms with E-state index >= 15 is 0 Å². The Morgan fingerprint density at radius 3 is 2.47 bits per heavy atom. The zero-order valence-corrected chi connectivity index (χ0v) is 25.8. The van der Waals surface area contributed by atoms with E-state index in [1.807, 2.05) is 17.0 Å². The summed E-state index contributed by atoms with van der Waals surface area (Å²) >= 11 is 0. The Morgan fingerprint density at radius 2 is 1.85 bits per heavy atom. The maximum atomic E-state index is 14.9. The molecule has 0 saturated carbocycles. The van der Waals surface area contributed by atoms with Gasteiger partial charge >= 0.3 is 0 Å². The average molecular weight is 634 g/mol. The molecule has 1 fully saturated rings. The summed E-state index contributed by atoms with van der Waals surface area (Å²) in [6.45, 7) is 3.92. The lowest BCUT2D eigenvalue weighted by atomic mass is 9.88. The number of carbonyl (C=O) groups excluding carboxylic acids is 1. The third-order valence-corrected chi connectivity index (χ3v) is 8.29. The average Bonchev–Trinajstić information content (AvgIpc) is 3.09. The Morgan fingerprint density at radius 1 is 1.09 bits per heavy atom. The van der Waals surface area contributed by atoms with Gasteiger partial charge in [0.05, 0.1) is 18.4 Å². The fraction of sp³-hybridized carbons (Fsp3) is 0.229. The van der Waals surface area contributed by atoms with E-state index < -0.39 is 11.7 Å². The molecule has 0 atom stereocenters. The summed E-state index contributed by atoms with van der Waals surface area (Å²) in [6, 6.07) is 16.9. The molecule has 47 heavy (non-hydrogen) atoms. The molecule has 2 aromatic carbocycles. The number of hydrogen-bond acceptors (Lipinski definition) is 10. The number of carbonyl (C=O) groups is 1. The highest BCUT2D eigenvalue weighted by Gasteiger charge is 2.32. The number of phenolic OH excluding ortho intramolecular Hbond substituents is 1. The Bertz CT molecular complexity index is 1910. The molecule has 1 amide bonds. The molecule has 12 heteroatoms. The van der Waals surface area contributed by atoms with Crippen molar-refractivity contribution in [1.29, 1.82) is 10.5 Å². The molecule has 1 aliphatic rings. The highest BCUT2D eigenvalue weighted by molar-refractivity contribution is 5.91. The summed E-state index contributed by atoms with van der Waals surface area (Å²) in [5, 5.41) is 42.5. The number of nitrogens with one attached hydrogen (secondary N) is 2. The van der Waals surface area contributed by atoms with E-state index in [1.54, 1.807) is 36.7 Å². The van der Waals surface area contributed by atoms with Gasteiger partial charge in [0.25, 0.3) is 5.91 Å². The van der Waals surface area contributed by atoms with Gasteiger partial charge in [-0.3, -0.25) is 15.0 Å². The van der Waals surface area contributed by atoms with E-state index in [1.165, 1.54) is 42.9 Å². The Hall–Kier alpha value is -5.82. The van der Waals surface area contributed by atoms with Crippen molar-refractivity contribution in [2.24, 2.45) is 0 Å². The van der Waals surface area contributed by atoms with E-state index in [2.05, 4.69) is 23.3 Å². The van der Waals surface area contributed by atoms with Crippen LogP contribution in [0, 0.1) is 28.5 Å². The van der Waals surface area contributed by atoms with Gasteiger partial charge in [0.2, 0.25) is 0 Å². The number of halogens is 1. The number of aromatic hydroxyl groups is 1. The normalized spacial score (nSPS) is 14.0. The number of amides is 1. The van der Waals surface area contributed by atoms with Crippen LogP contribution in [0.5, 0.6) is 11.5 Å². The summed E-state index contributed by atoms with van der Waals surface area (Å²) in [6.07, 6.45) is 7.53. The van der Waals surface area contributed by atoms with Crippen molar-refractivity contribution < 1.29 is 24.2 Å². The predicted molar refractivity (Wildman–Crippen MR) is 173 cm³/mol. The van der Waals surface area contributed by atoms with E-state index in [9.17, 15) is 24.8 Å². The SMILES string of the molecule is COc1ccc(-c2cnc(N3CCC(C)(NCc4ccc(/C=C/C(=O)NO)nc4)CC3)c(C#N)c2-c2ccc(C#N)c(F)c2)cc1O. The van der Waals surface area contributed by atoms with Crippen LogP contribution in [0.15, 0.2) is 67.0 Å². The van der Waals surface area contributed by atoms with Gasteiger partial charge in [-0.05, 0) is 72.9 Å². The van der Waals surface area contributed by atoms with Crippen molar-refractivity contribution in [3.05, 3.63) is 95.2 Å². The maximum Gasteiger partial charge on any atom is 0.267 e. The zero-order valence-electron chi connectivity index (χ0n) is 25.8. The molecule has 11 nitrogen and oxygen atoms in total. The number of anilines is 1. The number of aromatic nitrogens is 2. The van der Waals surface area contributed by atoms with Gasteiger partial charge in [-0.2, -0.15) is 10.5 Å². The molecule has 0 unspecified atom stereocenters. The van der Waals surface area contributed by atoms with Crippen LogP contribution in [0.1, 0.15) is 42.1 Å². The van der Waals surface area contributed by atoms with Gasteiger partial charge in [-0.15, -0.1) is 0 Å². The second kappa shape index (κ2) is 14.1. The van der Waals surface area contributed by atoms with Crippen molar-refractivity contribution in [3.63, 3.8) is 0 Å². The third-order valence-electron chi connectivity index (χ3n) is 8.29. The molecule has 4 aromatic rings. The number of nitriles is 2. The summed E-state index contributed by atoms with van der Waals surface area (Å²) in [4.78, 5) is 22.3. The van der Waals surface area contributed by atoms with Crippen LogP contribution >= 0.6 is 0 Å². The Kier molecular flexibility index (Phi) is 9.76.